The number of alkyl halides is 2. The molecule has 196 valence electrons. The Balaban J connectivity index is 1.31. The largest absolute Gasteiger partial charge is 0.462 e. The van der Waals surface area contributed by atoms with E-state index in [9.17, 15) is 14.4 Å². The summed E-state index contributed by atoms with van der Waals surface area (Å²) in [6, 6.07) is 0. The first-order chi connectivity index (χ1) is 17.0. The van der Waals surface area contributed by atoms with Crippen LogP contribution >= 0.6 is 23.2 Å². The molecule has 0 aliphatic heterocycles. The van der Waals surface area contributed by atoms with Crippen molar-refractivity contribution in [1.29, 1.82) is 0 Å². The van der Waals surface area contributed by atoms with Gasteiger partial charge in [-0.15, -0.1) is 23.2 Å². The van der Waals surface area contributed by atoms with Gasteiger partial charge in [0.05, 0.1) is 5.38 Å². The maximum absolute atomic E-state index is 13.4. The van der Waals surface area contributed by atoms with Crippen LogP contribution in [0.3, 0.4) is 0 Å². The number of hydrogen-bond acceptors (Lipinski definition) is 4. The molecule has 0 bridgehead atoms. The third-order valence-electron chi connectivity index (χ3n) is 10.4. The first kappa shape index (κ1) is 26.0. The molecule has 0 radical (unpaired) electrons. The van der Waals surface area contributed by atoms with Crippen LogP contribution in [0.1, 0.15) is 65.7 Å². The molecule has 0 aromatic carbocycles. The highest BCUT2D eigenvalue weighted by Gasteiger charge is 2.61. The van der Waals surface area contributed by atoms with Gasteiger partial charge in [-0.2, -0.15) is 0 Å². The second kappa shape index (κ2) is 9.31. The lowest BCUT2D eigenvalue weighted by atomic mass is 9.47. The third kappa shape index (κ3) is 4.09. The van der Waals surface area contributed by atoms with Crippen LogP contribution in [0.15, 0.2) is 36.0 Å². The van der Waals surface area contributed by atoms with Crippen LogP contribution in [-0.4, -0.2) is 40.6 Å². The molecule has 5 rings (SSSR count). The molecule has 0 spiro atoms. The van der Waals surface area contributed by atoms with E-state index in [1.807, 2.05) is 0 Å². The number of carbonyl (C=O) groups is 3. The van der Waals surface area contributed by atoms with Crippen LogP contribution < -0.4 is 5.32 Å². The second-order valence-electron chi connectivity index (χ2n) is 12.1. The molecule has 1 N–H and O–H groups in total. The summed E-state index contributed by atoms with van der Waals surface area (Å²) in [6.07, 6.45) is 15.6. The molecule has 0 aromatic rings. The Bertz CT molecular complexity index is 1050. The fourth-order valence-electron chi connectivity index (χ4n) is 8.32. The molecule has 9 atom stereocenters. The quantitative estimate of drug-likeness (QED) is 0.294. The highest BCUT2D eigenvalue weighted by molar-refractivity contribution is 6.43. The normalized spacial score (nSPS) is 45.2. The SMILES string of the molecule is CC(=O)O[C@H]1CC[C@@]2(C)C(=CC[C@@H]3[C@@H]2CC[C@]2(C)C(CNC(=O)C4(Cl)C=CC=CC4Cl)C(=O)C[C@@H]32)C1. The molecule has 5 aliphatic rings. The van der Waals surface area contributed by atoms with E-state index in [4.69, 9.17) is 27.9 Å². The van der Waals surface area contributed by atoms with Gasteiger partial charge in [-0.25, -0.2) is 0 Å². The number of hydrogen-bond donors (Lipinski definition) is 1. The average Bonchev–Trinajstić information content (AvgIpc) is 3.08. The van der Waals surface area contributed by atoms with Gasteiger partial charge in [-0.1, -0.05) is 49.8 Å². The lowest BCUT2D eigenvalue weighted by Gasteiger charge is -2.57. The minimum Gasteiger partial charge on any atom is -0.462 e. The highest BCUT2D eigenvalue weighted by atomic mass is 35.5. The number of nitrogens with one attached hydrogen (secondary N) is 1. The van der Waals surface area contributed by atoms with Crippen molar-refractivity contribution >= 4 is 40.9 Å². The summed E-state index contributed by atoms with van der Waals surface area (Å²) in [5.74, 6) is 0.819. The zero-order chi connectivity index (χ0) is 25.9. The number of allylic oxidation sites excluding steroid dienone is 4. The summed E-state index contributed by atoms with van der Waals surface area (Å²) in [5, 5.41) is 2.35. The molecule has 1 amide bonds. The molecule has 3 unspecified atom stereocenters. The van der Waals surface area contributed by atoms with Crippen molar-refractivity contribution in [3.8, 4) is 0 Å². The van der Waals surface area contributed by atoms with E-state index in [-0.39, 0.29) is 40.5 Å². The molecule has 3 fully saturated rings. The van der Waals surface area contributed by atoms with E-state index < -0.39 is 10.3 Å². The molecular weight excluding hydrogens is 497 g/mol. The van der Waals surface area contributed by atoms with Crippen molar-refractivity contribution < 1.29 is 19.1 Å². The van der Waals surface area contributed by atoms with E-state index in [0.717, 1.165) is 38.5 Å². The fourth-order valence-corrected chi connectivity index (χ4v) is 8.79. The number of halogens is 2. The first-order valence-corrected chi connectivity index (χ1v) is 14.2. The van der Waals surface area contributed by atoms with Crippen molar-refractivity contribution in [3.05, 3.63) is 36.0 Å². The Labute approximate surface area is 224 Å². The van der Waals surface area contributed by atoms with Crippen LogP contribution in [0.4, 0.5) is 0 Å². The molecule has 5 nitrogen and oxygen atoms in total. The predicted molar refractivity (Wildman–Crippen MR) is 141 cm³/mol. The zero-order valence-electron chi connectivity index (χ0n) is 21.4. The Kier molecular flexibility index (Phi) is 6.73. The standard InChI is InChI=1S/C29H37Cl2NO4/c1-17(33)36-19-9-12-27(2)18(14-19)7-8-20-21(27)10-13-28(3)22(20)15-24(34)23(28)16-32-26(35)29(31)11-5-4-6-25(29)30/h4-7,11,19-23,25H,8-10,12-16H2,1-3H3,(H,32,35)/t19-,20+,21-,22-,23?,25?,27-,28-,29?/m0/s1. The summed E-state index contributed by atoms with van der Waals surface area (Å²) < 4.78 is 5.55. The van der Waals surface area contributed by atoms with Gasteiger partial charge in [-0.05, 0) is 60.7 Å². The minimum absolute atomic E-state index is 0.0133. The van der Waals surface area contributed by atoms with Gasteiger partial charge in [0.25, 0.3) is 0 Å². The Morgan fingerprint density at radius 3 is 2.64 bits per heavy atom. The second-order valence-corrected chi connectivity index (χ2v) is 13.2. The maximum Gasteiger partial charge on any atom is 0.302 e. The van der Waals surface area contributed by atoms with Crippen molar-refractivity contribution in [2.24, 2.45) is 34.5 Å². The Hall–Kier alpha value is -1.59. The van der Waals surface area contributed by atoms with Gasteiger partial charge in [0.15, 0.2) is 4.87 Å². The molecule has 3 saturated carbocycles. The summed E-state index contributed by atoms with van der Waals surface area (Å²) in [4.78, 5) is 36.5. The highest BCUT2D eigenvalue weighted by Crippen LogP contribution is 2.65. The van der Waals surface area contributed by atoms with Gasteiger partial charge in [0.2, 0.25) is 5.91 Å². The number of esters is 1. The van der Waals surface area contributed by atoms with E-state index >= 15 is 0 Å². The van der Waals surface area contributed by atoms with E-state index in [1.165, 1.54) is 12.5 Å². The number of rotatable bonds is 4. The predicted octanol–water partition coefficient (Wildman–Crippen LogP) is 5.50. The van der Waals surface area contributed by atoms with E-state index in [0.29, 0.717) is 30.7 Å². The topological polar surface area (TPSA) is 72.5 Å². The number of carbonyl (C=O) groups excluding carboxylic acids is 3. The number of fused-ring (bicyclic) bond motifs is 5. The summed E-state index contributed by atoms with van der Waals surface area (Å²) in [5.41, 5.74) is 1.41. The Morgan fingerprint density at radius 1 is 1.14 bits per heavy atom. The number of ketones is 1. The lowest BCUT2D eigenvalue weighted by molar-refractivity contribution is -0.148. The van der Waals surface area contributed by atoms with Crippen molar-refractivity contribution in [3.63, 3.8) is 0 Å². The van der Waals surface area contributed by atoms with Crippen LogP contribution in [0.2, 0.25) is 0 Å². The van der Waals surface area contributed by atoms with Crippen LogP contribution in [0.5, 0.6) is 0 Å². The van der Waals surface area contributed by atoms with Crippen LogP contribution in [0, 0.1) is 34.5 Å². The monoisotopic (exact) mass is 533 g/mol. The summed E-state index contributed by atoms with van der Waals surface area (Å²) >= 11 is 12.9. The van der Waals surface area contributed by atoms with Gasteiger partial charge in [0, 0.05) is 32.2 Å². The molecule has 5 aliphatic carbocycles. The number of ether oxygens (including phenoxy) is 1. The van der Waals surface area contributed by atoms with Gasteiger partial charge in [0.1, 0.15) is 11.9 Å². The fraction of sp³-hybridized carbons (Fsp3) is 0.690. The Morgan fingerprint density at radius 2 is 1.92 bits per heavy atom. The van der Waals surface area contributed by atoms with Crippen molar-refractivity contribution in [2.75, 3.05) is 6.54 Å². The maximum atomic E-state index is 13.4. The van der Waals surface area contributed by atoms with Crippen molar-refractivity contribution in [1.82, 2.24) is 5.32 Å². The molecule has 0 aromatic heterocycles. The first-order valence-electron chi connectivity index (χ1n) is 13.4. The van der Waals surface area contributed by atoms with Gasteiger partial charge >= 0.3 is 5.97 Å². The molecule has 7 heteroatoms. The average molecular weight is 535 g/mol. The summed E-state index contributed by atoms with van der Waals surface area (Å²) in [6.45, 7) is 6.45. The lowest BCUT2D eigenvalue weighted by Crippen LogP contribution is -2.53. The number of amides is 1. The molecular formula is C29H37Cl2NO4. The molecule has 36 heavy (non-hydrogen) atoms. The molecule has 0 heterocycles. The van der Waals surface area contributed by atoms with Gasteiger partial charge in [-0.3, -0.25) is 14.4 Å². The minimum atomic E-state index is -1.33. The smallest absolute Gasteiger partial charge is 0.302 e. The van der Waals surface area contributed by atoms with E-state index in [1.54, 1.807) is 24.3 Å². The number of Topliss-reactive ketones (excluding diaryl/α,β-unsaturated/α-hetero) is 1. The van der Waals surface area contributed by atoms with E-state index in [2.05, 4.69) is 25.2 Å². The van der Waals surface area contributed by atoms with Crippen LogP contribution in [-0.2, 0) is 19.1 Å². The summed E-state index contributed by atoms with van der Waals surface area (Å²) in [7, 11) is 0. The molecule has 0 saturated heterocycles. The zero-order valence-corrected chi connectivity index (χ0v) is 22.9. The van der Waals surface area contributed by atoms with Crippen LogP contribution in [0.25, 0.3) is 0 Å². The van der Waals surface area contributed by atoms with Crippen molar-refractivity contribution in [2.45, 2.75) is 82.1 Å². The van der Waals surface area contributed by atoms with Gasteiger partial charge < -0.3 is 10.1 Å². The third-order valence-corrected chi connectivity index (χ3v) is 11.5.